The van der Waals surface area contributed by atoms with Crippen LogP contribution in [0.4, 0.5) is 5.69 Å². The zero-order valence-corrected chi connectivity index (χ0v) is 14.7. The van der Waals surface area contributed by atoms with Gasteiger partial charge in [-0.2, -0.15) is 0 Å². The molecule has 1 aromatic carbocycles. The van der Waals surface area contributed by atoms with E-state index in [-0.39, 0.29) is 6.04 Å². The monoisotopic (exact) mass is 320 g/mol. The van der Waals surface area contributed by atoms with Gasteiger partial charge in [-0.25, -0.2) is 0 Å². The molecule has 0 spiro atoms. The highest BCUT2D eigenvalue weighted by Gasteiger charge is 2.18. The Balaban J connectivity index is 2.68. The SMILES string of the molecule is CCCNC(=O)C(=O)NC[C@H](c1ccc(N(C)C)cc1)N(C)C. The van der Waals surface area contributed by atoms with E-state index in [1.54, 1.807) is 0 Å². The highest BCUT2D eigenvalue weighted by atomic mass is 16.2. The van der Waals surface area contributed by atoms with E-state index in [2.05, 4.69) is 10.6 Å². The van der Waals surface area contributed by atoms with E-state index in [1.807, 2.05) is 69.2 Å². The number of benzene rings is 1. The van der Waals surface area contributed by atoms with Crippen molar-refractivity contribution in [2.45, 2.75) is 19.4 Å². The maximum absolute atomic E-state index is 11.8. The number of anilines is 1. The lowest BCUT2D eigenvalue weighted by Crippen LogP contribution is -2.43. The molecule has 0 aliphatic heterocycles. The van der Waals surface area contributed by atoms with Gasteiger partial charge in [0.25, 0.3) is 0 Å². The molecule has 0 saturated carbocycles. The van der Waals surface area contributed by atoms with Gasteiger partial charge in [0.2, 0.25) is 0 Å². The van der Waals surface area contributed by atoms with Crippen LogP contribution in [0.1, 0.15) is 24.9 Å². The molecule has 0 saturated heterocycles. The van der Waals surface area contributed by atoms with Crippen molar-refractivity contribution in [3.05, 3.63) is 29.8 Å². The fourth-order valence-corrected chi connectivity index (χ4v) is 2.18. The number of rotatable bonds is 7. The average molecular weight is 320 g/mol. The normalized spacial score (nSPS) is 11.9. The maximum atomic E-state index is 11.8. The minimum absolute atomic E-state index is 0.00846. The minimum atomic E-state index is -0.588. The first-order valence-electron chi connectivity index (χ1n) is 7.86. The molecule has 0 heterocycles. The lowest BCUT2D eigenvalue weighted by atomic mass is 10.1. The molecule has 6 heteroatoms. The summed E-state index contributed by atoms with van der Waals surface area (Å²) in [5.41, 5.74) is 2.21. The molecule has 6 nitrogen and oxygen atoms in total. The molecule has 0 bridgehead atoms. The molecule has 1 rings (SSSR count). The lowest BCUT2D eigenvalue weighted by Gasteiger charge is -2.25. The fourth-order valence-electron chi connectivity index (χ4n) is 2.18. The van der Waals surface area contributed by atoms with E-state index in [4.69, 9.17) is 0 Å². The number of hydrogen-bond acceptors (Lipinski definition) is 4. The Morgan fingerprint density at radius 1 is 1.00 bits per heavy atom. The highest BCUT2D eigenvalue weighted by molar-refractivity contribution is 6.35. The first-order valence-corrected chi connectivity index (χ1v) is 7.86. The number of hydrogen-bond donors (Lipinski definition) is 2. The van der Waals surface area contributed by atoms with Gasteiger partial charge >= 0.3 is 11.8 Å². The number of nitrogens with one attached hydrogen (secondary N) is 2. The molecular weight excluding hydrogens is 292 g/mol. The van der Waals surface area contributed by atoms with Crippen LogP contribution in [-0.4, -0.2) is 58.0 Å². The molecule has 2 amide bonds. The van der Waals surface area contributed by atoms with E-state index in [1.165, 1.54) is 0 Å². The standard InChI is InChI=1S/C17H28N4O2/c1-6-11-18-16(22)17(23)19-12-15(21(4)5)13-7-9-14(10-8-13)20(2)3/h7-10,15H,6,11-12H2,1-5H3,(H,18,22)(H,19,23)/t15-/m1/s1. The molecule has 0 unspecified atom stereocenters. The zero-order valence-electron chi connectivity index (χ0n) is 14.7. The molecule has 2 N–H and O–H groups in total. The number of likely N-dealkylation sites (N-methyl/N-ethyl adjacent to an activating group) is 1. The molecular formula is C17H28N4O2. The lowest BCUT2D eigenvalue weighted by molar-refractivity contribution is -0.139. The molecule has 1 atom stereocenters. The van der Waals surface area contributed by atoms with Crippen LogP contribution < -0.4 is 15.5 Å². The molecule has 0 aliphatic carbocycles. The number of carbonyl (C=O) groups excluding carboxylic acids is 2. The predicted molar refractivity (Wildman–Crippen MR) is 93.5 cm³/mol. The Labute approximate surface area is 138 Å². The summed E-state index contributed by atoms with van der Waals surface area (Å²) >= 11 is 0. The van der Waals surface area contributed by atoms with Gasteiger partial charge in [0.05, 0.1) is 6.04 Å². The second-order valence-electron chi connectivity index (χ2n) is 5.93. The van der Waals surface area contributed by atoms with Crippen LogP contribution in [0.15, 0.2) is 24.3 Å². The Bertz CT molecular complexity index is 512. The summed E-state index contributed by atoms with van der Waals surface area (Å²) in [6.45, 7) is 2.83. The van der Waals surface area contributed by atoms with Crippen molar-refractivity contribution in [3.63, 3.8) is 0 Å². The smallest absolute Gasteiger partial charge is 0.309 e. The molecule has 23 heavy (non-hydrogen) atoms. The second-order valence-corrected chi connectivity index (χ2v) is 5.93. The summed E-state index contributed by atoms with van der Waals surface area (Å²) in [5.74, 6) is -1.16. The van der Waals surface area contributed by atoms with Gasteiger partial charge in [-0.05, 0) is 38.2 Å². The quantitative estimate of drug-likeness (QED) is 0.736. The zero-order chi connectivity index (χ0) is 17.4. The van der Waals surface area contributed by atoms with Crippen LogP contribution in [0.25, 0.3) is 0 Å². The van der Waals surface area contributed by atoms with Crippen molar-refractivity contribution < 1.29 is 9.59 Å². The van der Waals surface area contributed by atoms with E-state index >= 15 is 0 Å². The van der Waals surface area contributed by atoms with Crippen LogP contribution in [0.5, 0.6) is 0 Å². The largest absolute Gasteiger partial charge is 0.378 e. The number of carbonyl (C=O) groups is 2. The Hall–Kier alpha value is -2.08. The first kappa shape index (κ1) is 19.0. The van der Waals surface area contributed by atoms with Gasteiger partial charge in [-0.3, -0.25) is 9.59 Å². The third kappa shape index (κ3) is 5.90. The molecule has 0 fully saturated rings. The molecule has 128 valence electrons. The summed E-state index contributed by atoms with van der Waals surface area (Å²) in [6, 6.07) is 8.18. The van der Waals surface area contributed by atoms with Crippen LogP contribution in [0.2, 0.25) is 0 Å². The topological polar surface area (TPSA) is 64.7 Å². The molecule has 0 aromatic heterocycles. The minimum Gasteiger partial charge on any atom is -0.378 e. The van der Waals surface area contributed by atoms with Gasteiger partial charge in [-0.15, -0.1) is 0 Å². The Kier molecular flexibility index (Phi) is 7.54. The summed E-state index contributed by atoms with van der Waals surface area (Å²) in [6.07, 6.45) is 0.803. The van der Waals surface area contributed by atoms with Gasteiger partial charge in [0.1, 0.15) is 0 Å². The van der Waals surface area contributed by atoms with Crippen molar-refractivity contribution in [3.8, 4) is 0 Å². The third-order valence-electron chi connectivity index (χ3n) is 3.62. The highest BCUT2D eigenvalue weighted by Crippen LogP contribution is 2.20. The number of nitrogens with zero attached hydrogens (tertiary/aromatic N) is 2. The summed E-state index contributed by atoms with van der Waals surface area (Å²) in [5, 5.41) is 5.28. The summed E-state index contributed by atoms with van der Waals surface area (Å²) in [4.78, 5) is 27.5. The van der Waals surface area contributed by atoms with Crippen molar-refractivity contribution in [1.82, 2.24) is 15.5 Å². The fraction of sp³-hybridized carbons (Fsp3) is 0.529. The second kappa shape index (κ2) is 9.15. The van der Waals surface area contributed by atoms with Crippen molar-refractivity contribution in [1.29, 1.82) is 0 Å². The Morgan fingerprint density at radius 2 is 1.57 bits per heavy atom. The summed E-state index contributed by atoms with van der Waals surface area (Å²) < 4.78 is 0. The van der Waals surface area contributed by atoms with Crippen LogP contribution >= 0.6 is 0 Å². The van der Waals surface area contributed by atoms with Crippen LogP contribution in [0, 0.1) is 0 Å². The molecule has 1 aromatic rings. The molecule has 0 aliphatic rings. The average Bonchev–Trinajstić information content (AvgIpc) is 2.52. The van der Waals surface area contributed by atoms with Gasteiger partial charge in [0, 0.05) is 32.9 Å². The predicted octanol–water partition coefficient (Wildman–Crippen LogP) is 0.998. The van der Waals surface area contributed by atoms with Crippen LogP contribution in [0.3, 0.4) is 0 Å². The third-order valence-corrected chi connectivity index (χ3v) is 3.62. The van der Waals surface area contributed by atoms with E-state index < -0.39 is 11.8 Å². The van der Waals surface area contributed by atoms with E-state index in [0.717, 1.165) is 17.7 Å². The number of amides is 2. The van der Waals surface area contributed by atoms with E-state index in [9.17, 15) is 9.59 Å². The van der Waals surface area contributed by atoms with Crippen molar-refractivity contribution >= 4 is 17.5 Å². The Morgan fingerprint density at radius 3 is 2.04 bits per heavy atom. The molecule has 0 radical (unpaired) electrons. The van der Waals surface area contributed by atoms with Crippen LogP contribution in [-0.2, 0) is 9.59 Å². The first-order chi connectivity index (χ1) is 10.9. The maximum Gasteiger partial charge on any atom is 0.309 e. The van der Waals surface area contributed by atoms with Crippen molar-refractivity contribution in [2.24, 2.45) is 0 Å². The van der Waals surface area contributed by atoms with Gasteiger partial charge < -0.3 is 20.4 Å². The van der Waals surface area contributed by atoms with E-state index in [0.29, 0.717) is 13.1 Å². The van der Waals surface area contributed by atoms with Gasteiger partial charge in [-0.1, -0.05) is 19.1 Å². The van der Waals surface area contributed by atoms with Gasteiger partial charge in [0.15, 0.2) is 0 Å². The summed E-state index contributed by atoms with van der Waals surface area (Å²) in [7, 11) is 7.89. The van der Waals surface area contributed by atoms with Crippen molar-refractivity contribution in [2.75, 3.05) is 46.2 Å².